The molecule has 0 aliphatic carbocycles. The van der Waals surface area contributed by atoms with Crippen LogP contribution < -0.4 is 5.73 Å². The molecule has 1 heterocycles. The third kappa shape index (κ3) is 2.35. The maximum absolute atomic E-state index is 5.81. The molecule has 3 nitrogen and oxygen atoms in total. The van der Waals surface area contributed by atoms with Crippen molar-refractivity contribution >= 4 is 10.9 Å². The van der Waals surface area contributed by atoms with Crippen LogP contribution in [0.2, 0.25) is 0 Å². The number of nitrogens with two attached hydrogens (primary N) is 1. The average Bonchev–Trinajstić information content (AvgIpc) is 2.79. The van der Waals surface area contributed by atoms with Crippen molar-refractivity contribution in [1.29, 1.82) is 0 Å². The van der Waals surface area contributed by atoms with Gasteiger partial charge in [0.2, 0.25) is 0 Å². The Kier molecular flexibility index (Phi) is 3.82. The average molecular weight is 232 g/mol. The third-order valence-corrected chi connectivity index (χ3v) is 3.26. The number of para-hydroxylation sites is 1. The number of hydrogen-bond acceptors (Lipinski definition) is 2. The number of hydrogen-bond donors (Lipinski definition) is 1. The van der Waals surface area contributed by atoms with E-state index in [4.69, 9.17) is 10.5 Å². The molecular weight excluding hydrogens is 212 g/mol. The summed E-state index contributed by atoms with van der Waals surface area (Å²) >= 11 is 0. The van der Waals surface area contributed by atoms with E-state index < -0.39 is 0 Å². The van der Waals surface area contributed by atoms with Gasteiger partial charge >= 0.3 is 0 Å². The standard InChI is InChI=1S/C14H20N2O/c1-11(7-9-17-2)16-8-6-12-4-3-5-13(10-15)14(12)16/h3-6,8,11H,7,9-10,15H2,1-2H3. The van der Waals surface area contributed by atoms with Crippen LogP contribution in [0.4, 0.5) is 0 Å². The number of fused-ring (bicyclic) bond motifs is 1. The lowest BCUT2D eigenvalue weighted by atomic mass is 10.1. The van der Waals surface area contributed by atoms with Crippen molar-refractivity contribution in [2.75, 3.05) is 13.7 Å². The summed E-state index contributed by atoms with van der Waals surface area (Å²) in [6.45, 7) is 3.58. The van der Waals surface area contributed by atoms with Gasteiger partial charge in [0, 0.05) is 32.5 Å². The molecule has 0 aliphatic rings. The van der Waals surface area contributed by atoms with Gasteiger partial charge in [-0.25, -0.2) is 0 Å². The molecule has 0 amide bonds. The van der Waals surface area contributed by atoms with E-state index in [0.29, 0.717) is 12.6 Å². The maximum atomic E-state index is 5.81. The molecule has 0 bridgehead atoms. The molecule has 1 aromatic heterocycles. The fourth-order valence-corrected chi connectivity index (χ4v) is 2.26. The minimum Gasteiger partial charge on any atom is -0.385 e. The first kappa shape index (κ1) is 12.1. The molecule has 2 aromatic rings. The number of aromatic nitrogens is 1. The largest absolute Gasteiger partial charge is 0.385 e. The number of ether oxygens (including phenoxy) is 1. The second-order valence-corrected chi connectivity index (χ2v) is 4.41. The molecule has 0 radical (unpaired) electrons. The Labute approximate surface area is 102 Å². The Hall–Kier alpha value is -1.32. The highest BCUT2D eigenvalue weighted by atomic mass is 16.5. The lowest BCUT2D eigenvalue weighted by Crippen LogP contribution is -2.09. The van der Waals surface area contributed by atoms with Gasteiger partial charge in [0.05, 0.1) is 5.52 Å². The molecule has 0 saturated carbocycles. The smallest absolute Gasteiger partial charge is 0.0528 e. The summed E-state index contributed by atoms with van der Waals surface area (Å²) in [6.07, 6.45) is 3.16. The summed E-state index contributed by atoms with van der Waals surface area (Å²) in [5.74, 6) is 0. The second-order valence-electron chi connectivity index (χ2n) is 4.41. The van der Waals surface area contributed by atoms with Gasteiger partial charge in [0.1, 0.15) is 0 Å². The van der Waals surface area contributed by atoms with Crippen molar-refractivity contribution in [2.45, 2.75) is 25.9 Å². The number of benzene rings is 1. The van der Waals surface area contributed by atoms with Crippen LogP contribution in [-0.4, -0.2) is 18.3 Å². The first-order valence-corrected chi connectivity index (χ1v) is 6.05. The van der Waals surface area contributed by atoms with Gasteiger partial charge in [-0.1, -0.05) is 18.2 Å². The van der Waals surface area contributed by atoms with Crippen molar-refractivity contribution < 1.29 is 4.74 Å². The topological polar surface area (TPSA) is 40.2 Å². The molecule has 0 aliphatic heterocycles. The minimum absolute atomic E-state index is 0.431. The predicted octanol–water partition coefficient (Wildman–Crippen LogP) is 2.70. The molecule has 3 heteroatoms. The van der Waals surface area contributed by atoms with Gasteiger partial charge in [0.25, 0.3) is 0 Å². The van der Waals surface area contributed by atoms with Crippen LogP contribution in [0.3, 0.4) is 0 Å². The Morgan fingerprint density at radius 2 is 2.18 bits per heavy atom. The maximum Gasteiger partial charge on any atom is 0.0528 e. The van der Waals surface area contributed by atoms with Crippen LogP contribution >= 0.6 is 0 Å². The van der Waals surface area contributed by atoms with Crippen molar-refractivity contribution in [3.05, 3.63) is 36.0 Å². The second kappa shape index (κ2) is 5.34. The molecule has 17 heavy (non-hydrogen) atoms. The molecule has 1 atom stereocenters. The van der Waals surface area contributed by atoms with E-state index in [-0.39, 0.29) is 0 Å². The minimum atomic E-state index is 0.431. The number of rotatable bonds is 5. The van der Waals surface area contributed by atoms with E-state index in [9.17, 15) is 0 Å². The zero-order chi connectivity index (χ0) is 12.3. The molecule has 1 aromatic carbocycles. The van der Waals surface area contributed by atoms with Crippen LogP contribution in [-0.2, 0) is 11.3 Å². The number of methoxy groups -OCH3 is 1. The fourth-order valence-electron chi connectivity index (χ4n) is 2.26. The molecule has 1 unspecified atom stereocenters. The Bertz CT molecular complexity index is 490. The summed E-state index contributed by atoms with van der Waals surface area (Å²) in [5, 5.41) is 1.26. The van der Waals surface area contributed by atoms with Crippen LogP contribution in [0.5, 0.6) is 0 Å². The quantitative estimate of drug-likeness (QED) is 0.861. The van der Waals surface area contributed by atoms with Gasteiger partial charge in [0.15, 0.2) is 0 Å². The summed E-state index contributed by atoms with van der Waals surface area (Å²) in [6, 6.07) is 8.88. The molecule has 0 spiro atoms. The molecule has 92 valence electrons. The van der Waals surface area contributed by atoms with Gasteiger partial charge in [-0.3, -0.25) is 0 Å². The Balaban J connectivity index is 2.40. The monoisotopic (exact) mass is 232 g/mol. The lowest BCUT2D eigenvalue weighted by Gasteiger charge is -2.16. The van der Waals surface area contributed by atoms with Crippen LogP contribution in [0.15, 0.2) is 30.5 Å². The van der Waals surface area contributed by atoms with E-state index in [1.807, 2.05) is 0 Å². The van der Waals surface area contributed by atoms with Crippen LogP contribution in [0.25, 0.3) is 10.9 Å². The summed E-state index contributed by atoms with van der Waals surface area (Å²) in [4.78, 5) is 0. The van der Waals surface area contributed by atoms with Crippen molar-refractivity contribution in [2.24, 2.45) is 5.73 Å². The molecule has 0 saturated heterocycles. The molecule has 2 N–H and O–H groups in total. The SMILES string of the molecule is COCCC(C)n1ccc2cccc(CN)c21. The zero-order valence-electron chi connectivity index (χ0n) is 10.5. The Morgan fingerprint density at radius 3 is 2.88 bits per heavy atom. The van der Waals surface area contributed by atoms with Crippen molar-refractivity contribution in [1.82, 2.24) is 4.57 Å². The van der Waals surface area contributed by atoms with Crippen molar-refractivity contribution in [3.63, 3.8) is 0 Å². The fraction of sp³-hybridized carbons (Fsp3) is 0.429. The van der Waals surface area contributed by atoms with Gasteiger partial charge in [-0.15, -0.1) is 0 Å². The molecule has 2 rings (SSSR count). The van der Waals surface area contributed by atoms with E-state index in [0.717, 1.165) is 13.0 Å². The van der Waals surface area contributed by atoms with E-state index >= 15 is 0 Å². The zero-order valence-corrected chi connectivity index (χ0v) is 10.5. The van der Waals surface area contributed by atoms with Crippen LogP contribution in [0, 0.1) is 0 Å². The van der Waals surface area contributed by atoms with Crippen molar-refractivity contribution in [3.8, 4) is 0 Å². The summed E-state index contributed by atoms with van der Waals surface area (Å²) < 4.78 is 7.44. The van der Waals surface area contributed by atoms with E-state index in [2.05, 4.69) is 42.0 Å². The first-order chi connectivity index (χ1) is 8.27. The normalized spacial score (nSPS) is 13.1. The third-order valence-electron chi connectivity index (χ3n) is 3.26. The predicted molar refractivity (Wildman–Crippen MR) is 71.0 cm³/mol. The van der Waals surface area contributed by atoms with E-state index in [1.165, 1.54) is 16.5 Å². The molecular formula is C14H20N2O. The number of nitrogens with zero attached hydrogens (tertiary/aromatic N) is 1. The lowest BCUT2D eigenvalue weighted by molar-refractivity contribution is 0.181. The van der Waals surface area contributed by atoms with Gasteiger partial charge < -0.3 is 15.0 Å². The summed E-state index contributed by atoms with van der Waals surface area (Å²) in [5.41, 5.74) is 8.27. The highest BCUT2D eigenvalue weighted by molar-refractivity contribution is 5.83. The van der Waals surface area contributed by atoms with Gasteiger partial charge in [-0.05, 0) is 30.4 Å². The highest BCUT2D eigenvalue weighted by Gasteiger charge is 2.10. The summed E-state index contributed by atoms with van der Waals surface area (Å²) in [7, 11) is 1.74. The highest BCUT2D eigenvalue weighted by Crippen LogP contribution is 2.25. The van der Waals surface area contributed by atoms with Crippen LogP contribution in [0.1, 0.15) is 24.9 Å². The molecule has 0 fully saturated rings. The first-order valence-electron chi connectivity index (χ1n) is 6.05. The Morgan fingerprint density at radius 1 is 1.35 bits per heavy atom. The van der Waals surface area contributed by atoms with Gasteiger partial charge in [-0.2, -0.15) is 0 Å². The van der Waals surface area contributed by atoms with E-state index in [1.54, 1.807) is 7.11 Å².